The second kappa shape index (κ2) is 9.44. The Morgan fingerprint density at radius 1 is 1.15 bits per heavy atom. The normalized spacial score (nSPS) is 24.3. The van der Waals surface area contributed by atoms with E-state index in [1.54, 1.807) is 50.4 Å². The quantitative estimate of drug-likeness (QED) is 0.540. The number of alkyl halides is 1. The second-order valence-corrected chi connectivity index (χ2v) is 13.5. The van der Waals surface area contributed by atoms with Gasteiger partial charge in [0.25, 0.3) is 5.91 Å². The molecule has 5 rings (SSSR count). The zero-order valence-corrected chi connectivity index (χ0v) is 23.6. The van der Waals surface area contributed by atoms with Crippen molar-refractivity contribution in [2.75, 3.05) is 40.5 Å². The molecule has 4 heterocycles. The van der Waals surface area contributed by atoms with E-state index in [9.17, 15) is 22.4 Å². The van der Waals surface area contributed by atoms with Crippen LogP contribution in [0.15, 0.2) is 36.5 Å². The summed E-state index contributed by atoms with van der Waals surface area (Å²) in [6.07, 6.45) is 2.10. The van der Waals surface area contributed by atoms with Crippen molar-refractivity contribution in [1.29, 1.82) is 0 Å². The van der Waals surface area contributed by atoms with Crippen molar-refractivity contribution >= 4 is 39.2 Å². The lowest BCUT2D eigenvalue weighted by molar-refractivity contribution is -0.123. The Balaban J connectivity index is 1.42. The summed E-state index contributed by atoms with van der Waals surface area (Å²) in [7, 11) is -3.55. The van der Waals surface area contributed by atoms with Gasteiger partial charge < -0.3 is 15.0 Å². The van der Waals surface area contributed by atoms with Gasteiger partial charge in [0.1, 0.15) is 17.5 Å². The third-order valence-electron chi connectivity index (χ3n) is 7.79. The molecule has 39 heavy (non-hydrogen) atoms. The number of urea groups is 1. The fraction of sp³-hybridized carbons (Fsp3) is 0.519. The molecule has 2 atom stereocenters. The summed E-state index contributed by atoms with van der Waals surface area (Å²) in [6, 6.07) is 7.67. The number of imide groups is 1. The number of carbonyl (C=O) groups is 2. The number of hydrogen-bond donors (Lipinski definition) is 1. The number of halogens is 1. The summed E-state index contributed by atoms with van der Waals surface area (Å²) >= 11 is 0. The van der Waals surface area contributed by atoms with Crippen LogP contribution in [0.1, 0.15) is 45.2 Å². The summed E-state index contributed by atoms with van der Waals surface area (Å²) in [4.78, 5) is 34.1. The van der Waals surface area contributed by atoms with Gasteiger partial charge in [0.05, 0.1) is 30.3 Å². The highest BCUT2D eigenvalue weighted by Gasteiger charge is 2.52. The first-order valence-corrected chi connectivity index (χ1v) is 14.8. The van der Waals surface area contributed by atoms with Gasteiger partial charge >= 0.3 is 6.03 Å². The number of aromatic nitrogens is 1. The van der Waals surface area contributed by atoms with E-state index in [-0.39, 0.29) is 19.7 Å². The van der Waals surface area contributed by atoms with Gasteiger partial charge in [-0.2, -0.15) is 0 Å². The van der Waals surface area contributed by atoms with Crippen LogP contribution in [0.5, 0.6) is 0 Å². The molecule has 0 bridgehead atoms. The Kier molecular flexibility index (Phi) is 6.61. The third kappa shape index (κ3) is 4.84. The Morgan fingerprint density at radius 3 is 2.59 bits per heavy atom. The van der Waals surface area contributed by atoms with Crippen molar-refractivity contribution < 1.29 is 27.1 Å². The molecule has 3 aliphatic rings. The predicted molar refractivity (Wildman–Crippen MR) is 146 cm³/mol. The van der Waals surface area contributed by atoms with Gasteiger partial charge in [0.15, 0.2) is 0 Å². The van der Waals surface area contributed by atoms with E-state index in [0.717, 1.165) is 22.3 Å². The van der Waals surface area contributed by atoms with Gasteiger partial charge in [-0.15, -0.1) is 0 Å². The van der Waals surface area contributed by atoms with Crippen LogP contribution < -0.4 is 14.5 Å². The SMILES string of the molecule is CC1(C)CN(S(C)(=O)=O)c2cc(N3C(=O)N(Cc4ccnc(N[C@H]5CCOC[C@@H]5F)c4)C(C)(C)C3=O)ccc21. The lowest BCUT2D eigenvalue weighted by Gasteiger charge is -2.29. The largest absolute Gasteiger partial charge is 0.378 e. The number of anilines is 3. The Morgan fingerprint density at radius 2 is 1.90 bits per heavy atom. The zero-order valence-electron chi connectivity index (χ0n) is 22.8. The molecule has 3 amide bonds. The average molecular weight is 560 g/mol. The molecule has 0 unspecified atom stereocenters. The number of nitrogens with one attached hydrogen (secondary N) is 1. The van der Waals surface area contributed by atoms with Crippen LogP contribution in [-0.4, -0.2) is 74.0 Å². The number of hydrogen-bond acceptors (Lipinski definition) is 7. The van der Waals surface area contributed by atoms with Crippen molar-refractivity contribution in [3.8, 4) is 0 Å². The molecule has 1 N–H and O–H groups in total. The van der Waals surface area contributed by atoms with E-state index in [1.807, 2.05) is 13.8 Å². The van der Waals surface area contributed by atoms with Crippen LogP contribution in [-0.2, 0) is 31.5 Å². The molecule has 0 aliphatic carbocycles. The number of fused-ring (bicyclic) bond motifs is 1. The second-order valence-electron chi connectivity index (χ2n) is 11.6. The predicted octanol–water partition coefficient (Wildman–Crippen LogP) is 3.43. The number of sulfonamides is 1. The first-order chi connectivity index (χ1) is 18.2. The lowest BCUT2D eigenvalue weighted by Crippen LogP contribution is -2.43. The maximum atomic E-state index is 14.2. The number of nitrogens with zero attached hydrogens (tertiary/aromatic N) is 4. The highest BCUT2D eigenvalue weighted by molar-refractivity contribution is 7.92. The van der Waals surface area contributed by atoms with E-state index >= 15 is 0 Å². The van der Waals surface area contributed by atoms with Crippen molar-refractivity contribution in [3.05, 3.63) is 47.7 Å². The molecule has 10 nitrogen and oxygen atoms in total. The molecule has 210 valence electrons. The molecule has 1 aromatic carbocycles. The molecule has 3 aliphatic heterocycles. The van der Waals surface area contributed by atoms with Gasteiger partial charge in [0.2, 0.25) is 10.0 Å². The van der Waals surface area contributed by atoms with Crippen LogP contribution in [0.4, 0.5) is 26.4 Å². The van der Waals surface area contributed by atoms with Gasteiger partial charge in [-0.25, -0.2) is 27.5 Å². The molecule has 0 saturated carbocycles. The monoisotopic (exact) mass is 559 g/mol. The number of amides is 3. The van der Waals surface area contributed by atoms with Crippen LogP contribution >= 0.6 is 0 Å². The van der Waals surface area contributed by atoms with E-state index in [4.69, 9.17) is 4.74 Å². The average Bonchev–Trinajstić information content (AvgIpc) is 3.23. The maximum Gasteiger partial charge on any atom is 0.332 e. The first-order valence-electron chi connectivity index (χ1n) is 12.9. The summed E-state index contributed by atoms with van der Waals surface area (Å²) in [5, 5.41) is 3.12. The van der Waals surface area contributed by atoms with Crippen molar-refractivity contribution in [3.63, 3.8) is 0 Å². The van der Waals surface area contributed by atoms with Crippen molar-refractivity contribution in [1.82, 2.24) is 9.88 Å². The number of benzene rings is 1. The molecule has 0 radical (unpaired) electrons. The minimum Gasteiger partial charge on any atom is -0.378 e. The van der Waals surface area contributed by atoms with E-state index in [2.05, 4.69) is 10.3 Å². The molecule has 2 fully saturated rings. The number of rotatable bonds is 6. The lowest BCUT2D eigenvalue weighted by atomic mass is 9.87. The number of ether oxygens (including phenoxy) is 1. The van der Waals surface area contributed by atoms with Crippen LogP contribution in [0.3, 0.4) is 0 Å². The zero-order chi connectivity index (χ0) is 28.3. The molecule has 2 saturated heterocycles. The molecule has 12 heteroatoms. The van der Waals surface area contributed by atoms with Gasteiger partial charge in [-0.3, -0.25) is 9.10 Å². The van der Waals surface area contributed by atoms with Gasteiger partial charge in [-0.1, -0.05) is 19.9 Å². The maximum absolute atomic E-state index is 14.2. The van der Waals surface area contributed by atoms with Gasteiger partial charge in [0, 0.05) is 31.3 Å². The van der Waals surface area contributed by atoms with Crippen LogP contribution in [0.25, 0.3) is 0 Å². The number of carbonyl (C=O) groups excluding carboxylic acids is 2. The number of pyridine rings is 1. The summed E-state index contributed by atoms with van der Waals surface area (Å²) in [5.41, 5.74) is 0.778. The van der Waals surface area contributed by atoms with E-state index in [1.165, 1.54) is 9.21 Å². The summed E-state index contributed by atoms with van der Waals surface area (Å²) < 4.78 is 45.7. The fourth-order valence-electron chi connectivity index (χ4n) is 5.48. The molecular formula is C27H34FN5O5S. The van der Waals surface area contributed by atoms with Gasteiger partial charge in [-0.05, 0) is 55.7 Å². The highest BCUT2D eigenvalue weighted by Crippen LogP contribution is 2.44. The Bertz CT molecular complexity index is 1430. The van der Waals surface area contributed by atoms with E-state index in [0.29, 0.717) is 30.2 Å². The van der Waals surface area contributed by atoms with Crippen LogP contribution in [0.2, 0.25) is 0 Å². The molecule has 1 aromatic heterocycles. The minimum atomic E-state index is -3.55. The fourth-order valence-corrected chi connectivity index (χ4v) is 6.55. The minimum absolute atomic E-state index is 0.0356. The van der Waals surface area contributed by atoms with Crippen LogP contribution in [0, 0.1) is 0 Å². The smallest absolute Gasteiger partial charge is 0.332 e. The summed E-state index contributed by atoms with van der Waals surface area (Å²) in [6.45, 7) is 8.20. The highest BCUT2D eigenvalue weighted by atomic mass is 32.2. The standard InChI is InChI=1S/C27H34FN5O5S/c1-26(2)16-32(39(5,36)37)22-13-18(6-7-19(22)26)33-24(34)27(3,4)31(25(33)35)14-17-8-10-29-23(12-17)30-21-9-11-38-15-20(21)28/h6-8,10,12-13,20-21H,9,11,14-16H2,1-5H3,(H,29,30)/t20-,21-/m0/s1. The Hall–Kier alpha value is -3.25. The summed E-state index contributed by atoms with van der Waals surface area (Å²) in [5.74, 6) is 0.0716. The van der Waals surface area contributed by atoms with Crippen molar-refractivity contribution in [2.45, 2.75) is 63.8 Å². The third-order valence-corrected chi connectivity index (χ3v) is 8.91. The molecule has 0 spiro atoms. The van der Waals surface area contributed by atoms with Crippen molar-refractivity contribution in [2.24, 2.45) is 0 Å². The van der Waals surface area contributed by atoms with E-state index < -0.39 is 45.1 Å². The molecule has 2 aromatic rings. The first kappa shape index (κ1) is 27.3. The Labute approximate surface area is 228 Å². The topological polar surface area (TPSA) is 112 Å². The molecular weight excluding hydrogens is 525 g/mol.